The number of nitrogens with one attached hydrogen (secondary N) is 1. The Labute approximate surface area is 155 Å². The van der Waals surface area contributed by atoms with E-state index in [-0.39, 0.29) is 6.10 Å². The highest BCUT2D eigenvalue weighted by molar-refractivity contribution is 6.14. The van der Waals surface area contributed by atoms with Gasteiger partial charge in [0.15, 0.2) is 0 Å². The number of hydrogen-bond acceptors (Lipinski definition) is 6. The average Bonchev–Trinajstić information content (AvgIpc) is 2.63. The fraction of sp³-hybridized carbons (Fsp3) is 0.400. The molecule has 0 spiro atoms. The summed E-state index contributed by atoms with van der Waals surface area (Å²) in [5.74, 6) is 1.64. The number of rotatable bonds is 5. The number of nitrogens with zero attached hydrogens (tertiary/aromatic N) is 3. The molecule has 1 saturated heterocycles. The van der Waals surface area contributed by atoms with Gasteiger partial charge >= 0.3 is 0 Å². The lowest BCUT2D eigenvalue weighted by molar-refractivity contribution is 0.242. The van der Waals surface area contributed by atoms with Gasteiger partial charge in [0.1, 0.15) is 11.6 Å². The highest BCUT2D eigenvalue weighted by Crippen LogP contribution is 2.24. The van der Waals surface area contributed by atoms with E-state index in [2.05, 4.69) is 21.8 Å². The van der Waals surface area contributed by atoms with Gasteiger partial charge in [-0.15, -0.1) is 0 Å². The van der Waals surface area contributed by atoms with Crippen molar-refractivity contribution in [2.75, 3.05) is 43.9 Å². The molecule has 0 bridgehead atoms. The molecule has 26 heavy (non-hydrogen) atoms. The summed E-state index contributed by atoms with van der Waals surface area (Å²) < 4.78 is 5.75. The lowest BCUT2D eigenvalue weighted by Crippen LogP contribution is -2.44. The van der Waals surface area contributed by atoms with Crippen LogP contribution in [0.5, 0.6) is 5.75 Å². The summed E-state index contributed by atoms with van der Waals surface area (Å²) in [6, 6.07) is 9.31. The maximum Gasteiger partial charge on any atom is 0.129 e. The Morgan fingerprint density at radius 2 is 1.88 bits per heavy atom. The predicted octanol–water partition coefficient (Wildman–Crippen LogP) is 2.62. The second-order valence-corrected chi connectivity index (χ2v) is 6.98. The van der Waals surface area contributed by atoms with Crippen molar-refractivity contribution in [1.29, 1.82) is 5.41 Å². The van der Waals surface area contributed by atoms with Crippen molar-refractivity contribution in [3.8, 4) is 5.75 Å². The van der Waals surface area contributed by atoms with Crippen LogP contribution in [-0.2, 0) is 0 Å². The van der Waals surface area contributed by atoms with Gasteiger partial charge in [0.05, 0.1) is 11.8 Å². The van der Waals surface area contributed by atoms with E-state index in [1.165, 1.54) is 0 Å². The van der Waals surface area contributed by atoms with Gasteiger partial charge in [-0.1, -0.05) is 0 Å². The van der Waals surface area contributed by atoms with Gasteiger partial charge in [-0.05, 0) is 51.2 Å². The second-order valence-electron chi connectivity index (χ2n) is 6.98. The van der Waals surface area contributed by atoms with Gasteiger partial charge in [-0.25, -0.2) is 4.98 Å². The highest BCUT2D eigenvalue weighted by Gasteiger charge is 2.17. The highest BCUT2D eigenvalue weighted by atomic mass is 16.5. The SMILES string of the molecule is CC(C)Oc1ccc(N)c(C(=N)c2ccnc(N3CCN(C)CC3)c2)c1. The molecule has 0 aliphatic carbocycles. The van der Waals surface area contributed by atoms with Crippen LogP contribution in [0.4, 0.5) is 11.5 Å². The summed E-state index contributed by atoms with van der Waals surface area (Å²) in [4.78, 5) is 9.07. The van der Waals surface area contributed by atoms with E-state index in [1.807, 2.05) is 38.1 Å². The molecule has 6 nitrogen and oxygen atoms in total. The van der Waals surface area contributed by atoms with Crippen LogP contribution in [0.2, 0.25) is 0 Å². The van der Waals surface area contributed by atoms with E-state index < -0.39 is 0 Å². The van der Waals surface area contributed by atoms with Crippen molar-refractivity contribution in [2.45, 2.75) is 20.0 Å². The smallest absolute Gasteiger partial charge is 0.129 e. The summed E-state index contributed by atoms with van der Waals surface area (Å²) in [5, 5.41) is 8.64. The molecule has 0 atom stereocenters. The van der Waals surface area contributed by atoms with Crippen LogP contribution in [0.3, 0.4) is 0 Å². The monoisotopic (exact) mass is 353 g/mol. The van der Waals surface area contributed by atoms with E-state index >= 15 is 0 Å². The Balaban J connectivity index is 1.85. The van der Waals surface area contributed by atoms with E-state index in [1.54, 1.807) is 12.3 Å². The third-order valence-corrected chi connectivity index (χ3v) is 4.53. The number of aromatic nitrogens is 1. The number of benzene rings is 1. The molecule has 1 aliphatic heterocycles. The summed E-state index contributed by atoms with van der Waals surface area (Å²) in [5.41, 5.74) is 8.57. The molecule has 0 radical (unpaired) electrons. The average molecular weight is 353 g/mol. The molecule has 0 saturated carbocycles. The summed E-state index contributed by atoms with van der Waals surface area (Å²) >= 11 is 0. The second kappa shape index (κ2) is 7.74. The minimum atomic E-state index is 0.0745. The molecular formula is C20H27N5O. The number of piperazine rings is 1. The molecule has 0 amide bonds. The van der Waals surface area contributed by atoms with Crippen LogP contribution in [0, 0.1) is 5.41 Å². The molecule has 3 rings (SSSR count). The van der Waals surface area contributed by atoms with Gasteiger partial charge in [0, 0.05) is 49.2 Å². The molecule has 138 valence electrons. The quantitative estimate of drug-likeness (QED) is 0.638. The molecule has 1 aliphatic rings. The third kappa shape index (κ3) is 4.14. The molecule has 2 aromatic rings. The zero-order valence-corrected chi connectivity index (χ0v) is 15.7. The van der Waals surface area contributed by atoms with Crippen molar-refractivity contribution < 1.29 is 4.74 Å². The van der Waals surface area contributed by atoms with Crippen molar-refractivity contribution in [2.24, 2.45) is 0 Å². The van der Waals surface area contributed by atoms with Crippen LogP contribution < -0.4 is 15.4 Å². The topological polar surface area (TPSA) is 78.5 Å². The molecule has 6 heteroatoms. The zero-order valence-electron chi connectivity index (χ0n) is 15.7. The molecular weight excluding hydrogens is 326 g/mol. The lowest BCUT2D eigenvalue weighted by atomic mass is 10.0. The molecule has 1 fully saturated rings. The zero-order chi connectivity index (χ0) is 18.7. The predicted molar refractivity (Wildman–Crippen MR) is 106 cm³/mol. The lowest BCUT2D eigenvalue weighted by Gasteiger charge is -2.33. The molecule has 0 unspecified atom stereocenters. The number of nitrogen functional groups attached to an aromatic ring is 1. The van der Waals surface area contributed by atoms with Crippen LogP contribution in [-0.4, -0.2) is 54.9 Å². The van der Waals surface area contributed by atoms with Gasteiger partial charge in [0.2, 0.25) is 0 Å². The first-order valence-electron chi connectivity index (χ1n) is 8.99. The van der Waals surface area contributed by atoms with Crippen LogP contribution in [0.1, 0.15) is 25.0 Å². The summed E-state index contributed by atoms with van der Waals surface area (Å²) in [6.45, 7) is 7.88. The molecule has 1 aromatic carbocycles. The Hall–Kier alpha value is -2.60. The molecule has 2 heterocycles. The number of hydrogen-bond donors (Lipinski definition) is 2. The van der Waals surface area contributed by atoms with Crippen molar-refractivity contribution in [3.05, 3.63) is 47.7 Å². The van der Waals surface area contributed by atoms with Crippen LogP contribution in [0.15, 0.2) is 36.5 Å². The first-order chi connectivity index (χ1) is 12.4. The van der Waals surface area contributed by atoms with Crippen LogP contribution in [0.25, 0.3) is 0 Å². The Kier molecular flexibility index (Phi) is 5.42. The first-order valence-corrected chi connectivity index (χ1v) is 8.99. The summed E-state index contributed by atoms with van der Waals surface area (Å²) in [6.07, 6.45) is 1.84. The van der Waals surface area contributed by atoms with Gasteiger partial charge in [-0.3, -0.25) is 5.41 Å². The largest absolute Gasteiger partial charge is 0.491 e. The Morgan fingerprint density at radius 3 is 2.58 bits per heavy atom. The van der Waals surface area contributed by atoms with Crippen molar-refractivity contribution in [3.63, 3.8) is 0 Å². The van der Waals surface area contributed by atoms with Crippen LogP contribution >= 0.6 is 0 Å². The van der Waals surface area contributed by atoms with E-state index in [4.69, 9.17) is 15.9 Å². The summed E-state index contributed by atoms with van der Waals surface area (Å²) in [7, 11) is 2.13. The normalized spacial score (nSPS) is 15.3. The minimum absolute atomic E-state index is 0.0745. The van der Waals surface area contributed by atoms with Gasteiger partial charge in [0.25, 0.3) is 0 Å². The van der Waals surface area contributed by atoms with E-state index in [9.17, 15) is 0 Å². The maximum atomic E-state index is 8.64. The number of nitrogens with two attached hydrogens (primary N) is 1. The number of likely N-dealkylation sites (N-methyl/N-ethyl adjacent to an activating group) is 1. The van der Waals surface area contributed by atoms with Gasteiger partial charge < -0.3 is 20.3 Å². The number of pyridine rings is 1. The minimum Gasteiger partial charge on any atom is -0.491 e. The maximum absolute atomic E-state index is 8.64. The van der Waals surface area contributed by atoms with Crippen molar-refractivity contribution >= 4 is 17.2 Å². The standard InChI is InChI=1S/C20H27N5O/c1-14(2)26-16-4-5-18(21)17(13-16)20(22)15-6-7-23-19(12-15)25-10-8-24(3)9-11-25/h4-7,12-14,22H,8-11,21H2,1-3H3. The number of anilines is 2. The fourth-order valence-corrected chi connectivity index (χ4v) is 3.04. The Bertz CT molecular complexity index is 782. The first kappa shape index (κ1) is 18.2. The third-order valence-electron chi connectivity index (χ3n) is 4.53. The fourth-order valence-electron chi connectivity index (χ4n) is 3.04. The molecule has 1 aromatic heterocycles. The van der Waals surface area contributed by atoms with Crippen molar-refractivity contribution in [1.82, 2.24) is 9.88 Å². The van der Waals surface area contributed by atoms with E-state index in [0.29, 0.717) is 17.0 Å². The van der Waals surface area contributed by atoms with E-state index in [0.717, 1.165) is 43.3 Å². The van der Waals surface area contributed by atoms with Gasteiger partial charge in [-0.2, -0.15) is 0 Å². The molecule has 3 N–H and O–H groups in total. The Morgan fingerprint density at radius 1 is 1.15 bits per heavy atom. The number of ether oxygens (including phenoxy) is 1.